The molecule has 0 spiro atoms. The molecule has 1 unspecified atom stereocenters. The molecule has 95 heavy (non-hydrogen) atoms. The number of halogens is 9. The topological polar surface area (TPSA) is 350 Å². The van der Waals surface area contributed by atoms with E-state index in [1.54, 1.807) is 72.2 Å². The number of ether oxygens (including phenoxy) is 6. The summed E-state index contributed by atoms with van der Waals surface area (Å²) in [6.45, 7) is 9.47. The first-order valence-corrected chi connectivity index (χ1v) is 31.7. The fourth-order valence-corrected chi connectivity index (χ4v) is 9.24. The Morgan fingerprint density at radius 3 is 1.45 bits per heavy atom. The van der Waals surface area contributed by atoms with Crippen molar-refractivity contribution in [2.24, 2.45) is 0 Å². The van der Waals surface area contributed by atoms with Gasteiger partial charge in [-0.3, -0.25) is 0 Å². The van der Waals surface area contributed by atoms with Crippen LogP contribution in [0.25, 0.3) is 16.9 Å². The van der Waals surface area contributed by atoms with Crippen molar-refractivity contribution in [2.75, 3.05) is 71.1 Å². The molecule has 1 atom stereocenters. The maximum absolute atomic E-state index is 12.1. The van der Waals surface area contributed by atoms with Crippen molar-refractivity contribution >= 4 is 177 Å². The number of carbonyl (C=O) groups excluding carboxylic acids is 5. The summed E-state index contributed by atoms with van der Waals surface area (Å²) < 4.78 is 34.7. The average Bonchev–Trinajstić information content (AvgIpc) is 1.69. The number of nitrogens with two attached hydrogens (primary N) is 2. The van der Waals surface area contributed by atoms with Gasteiger partial charge in [0.2, 0.25) is 0 Å². The average molecular weight is 1580 g/mol. The zero-order valence-corrected chi connectivity index (χ0v) is 60.0. The van der Waals surface area contributed by atoms with Crippen molar-refractivity contribution in [2.45, 2.75) is 46.2 Å². The molecule has 10 aromatic rings. The maximum Gasteiger partial charge on any atom is 0.358 e. The van der Waals surface area contributed by atoms with Crippen molar-refractivity contribution in [3.63, 3.8) is 0 Å². The summed E-state index contributed by atoms with van der Waals surface area (Å²) in [4.78, 5) is 69.7. The highest BCUT2D eigenvalue weighted by atomic mass is 79.9. The molecule has 0 aliphatic heterocycles. The summed E-state index contributed by atoms with van der Waals surface area (Å²) in [6.07, 6.45) is 4.53. The van der Waals surface area contributed by atoms with Gasteiger partial charge in [0.25, 0.3) is 0 Å². The predicted molar refractivity (Wildman–Crippen MR) is 368 cm³/mol. The van der Waals surface area contributed by atoms with Crippen LogP contribution in [-0.2, 0) is 41.6 Å². The predicted octanol–water partition coefficient (Wildman–Crippen LogP) is 11.7. The van der Waals surface area contributed by atoms with Gasteiger partial charge >= 0.3 is 23.9 Å². The highest BCUT2D eigenvalue weighted by molar-refractivity contribution is 9.11. The molecule has 2 aromatic carbocycles. The molecule has 506 valence electrons. The van der Waals surface area contributed by atoms with Crippen molar-refractivity contribution in [1.29, 1.82) is 0 Å². The number of alkyl halides is 1. The van der Waals surface area contributed by atoms with Gasteiger partial charge in [-0.25, -0.2) is 47.7 Å². The number of fused-ring (bicyclic) bond motifs is 3. The van der Waals surface area contributed by atoms with Gasteiger partial charge in [-0.2, -0.15) is 15.3 Å². The molecule has 0 bridgehead atoms. The number of nitrogen functional groups attached to an aromatic ring is 2. The van der Waals surface area contributed by atoms with Crippen LogP contribution in [0.15, 0.2) is 112 Å². The third-order valence-corrected chi connectivity index (χ3v) is 13.9. The monoisotopic (exact) mass is 1570 g/mol. The van der Waals surface area contributed by atoms with Crippen LogP contribution in [0.3, 0.4) is 0 Å². The third-order valence-electron chi connectivity index (χ3n) is 11.2. The van der Waals surface area contributed by atoms with Crippen LogP contribution in [-0.4, -0.2) is 154 Å². The molecule has 0 amide bonds. The summed E-state index contributed by atoms with van der Waals surface area (Å²) in [5.41, 5.74) is 15.7. The van der Waals surface area contributed by atoms with E-state index in [0.717, 1.165) is 29.3 Å². The van der Waals surface area contributed by atoms with E-state index < -0.39 is 29.3 Å². The Hall–Kier alpha value is -8.04. The van der Waals surface area contributed by atoms with Gasteiger partial charge in [0.15, 0.2) is 71.0 Å². The van der Waals surface area contributed by atoms with Gasteiger partial charge in [-0.05, 0) is 132 Å². The summed E-state index contributed by atoms with van der Waals surface area (Å²) >= 11 is 46.0. The fourth-order valence-electron chi connectivity index (χ4n) is 7.04. The minimum atomic E-state index is -1.15. The number of imidazole rings is 3. The Morgan fingerprint density at radius 2 is 1.01 bits per heavy atom. The second-order valence-electron chi connectivity index (χ2n) is 17.8. The van der Waals surface area contributed by atoms with Crippen molar-refractivity contribution in [1.82, 2.24) is 69.5 Å². The van der Waals surface area contributed by atoms with E-state index in [1.807, 2.05) is 55.4 Å². The van der Waals surface area contributed by atoms with E-state index in [2.05, 4.69) is 105 Å². The molecular formula is C58H60Br2Cl7N17O11. The first kappa shape index (κ1) is 79.4. The van der Waals surface area contributed by atoms with E-state index in [1.165, 1.54) is 43.8 Å². The highest BCUT2D eigenvalue weighted by Gasteiger charge is 2.21. The van der Waals surface area contributed by atoms with Gasteiger partial charge in [0.05, 0.1) is 78.9 Å². The first-order chi connectivity index (χ1) is 45.4. The lowest BCUT2D eigenvalue weighted by Gasteiger charge is -2.20. The van der Waals surface area contributed by atoms with E-state index in [0.29, 0.717) is 72.3 Å². The molecular weight excluding hydrogens is 1520 g/mol. The van der Waals surface area contributed by atoms with Gasteiger partial charge < -0.3 is 54.9 Å². The molecule has 0 aliphatic rings. The van der Waals surface area contributed by atoms with Crippen molar-refractivity contribution in [3.05, 3.63) is 171 Å². The second kappa shape index (κ2) is 41.0. The zero-order chi connectivity index (χ0) is 70.3. The molecule has 0 aliphatic carbocycles. The smallest absolute Gasteiger partial charge is 0.358 e. The van der Waals surface area contributed by atoms with Crippen molar-refractivity contribution in [3.8, 4) is 11.5 Å². The Balaban J connectivity index is 0.000000246. The lowest BCUT2D eigenvalue weighted by Crippen LogP contribution is -2.18. The molecule has 0 radical (unpaired) electrons. The summed E-state index contributed by atoms with van der Waals surface area (Å²) in [6, 6.07) is 25.4. The van der Waals surface area contributed by atoms with E-state index >= 15 is 0 Å². The Morgan fingerprint density at radius 1 is 0.568 bits per heavy atom. The van der Waals surface area contributed by atoms with Crippen LogP contribution in [0, 0.1) is 0 Å². The standard InChI is InChI=1S/C18H19ClN4O3.C9H7BrClN3O2.C9H7Cl2N3O2.C9H13NO.C5H7ClO3.C4H3BrClN3.C4H4ClN3/c1-4-26-18(24)15-10-20-17-14(9-16(19)21-23(15)17)22(2)11-12-5-7-13(25-3)8-6-12;2*1-2-16-9(15)6-4-12-8-5(10)3-7(11)13-14(6)8;1-10-7-8-3-5-9(11-2)6-4-8;1-2-9-5(8)4(6)3-7;5-2-1-3(6)8-9-4(2)7;5-3-1-2-4(6)8-7-3/h5-10H,4,11H2,1-3H3;2*3-4H,2H2,1H3;3-6,10H,7H2,1-2H3;3-4H,2H2,1H3;1H,(H2,7,9);1-2H,(H2,6,8). The second-order valence-corrected chi connectivity index (χ2v) is 22.4. The number of hydrogen-bond donors (Lipinski definition) is 3. The molecule has 37 heteroatoms. The number of nitrogens with one attached hydrogen (secondary N) is 1. The maximum atomic E-state index is 12.1. The summed E-state index contributed by atoms with van der Waals surface area (Å²) in [5.74, 6) is 0.280. The van der Waals surface area contributed by atoms with Crippen LogP contribution in [0.2, 0.25) is 30.8 Å². The molecule has 5 N–H and O–H groups in total. The number of anilines is 3. The summed E-state index contributed by atoms with van der Waals surface area (Å²) in [5, 5.41) is 29.7. The molecule has 8 aromatic heterocycles. The lowest BCUT2D eigenvalue weighted by atomic mass is 10.2. The van der Waals surface area contributed by atoms with Gasteiger partial charge in [0.1, 0.15) is 23.6 Å². The number of methoxy groups -OCH3 is 2. The van der Waals surface area contributed by atoms with Crippen LogP contribution in [0.1, 0.15) is 70.3 Å². The lowest BCUT2D eigenvalue weighted by molar-refractivity contribution is -0.143. The quantitative estimate of drug-likeness (QED) is 0.0266. The number of benzene rings is 2. The molecule has 8 heterocycles. The van der Waals surface area contributed by atoms with Crippen LogP contribution >= 0.6 is 113 Å². The number of rotatable bonds is 16. The van der Waals surface area contributed by atoms with Gasteiger partial charge in [0, 0.05) is 26.2 Å². The molecule has 0 fully saturated rings. The molecule has 0 saturated heterocycles. The van der Waals surface area contributed by atoms with Crippen LogP contribution < -0.4 is 31.2 Å². The highest BCUT2D eigenvalue weighted by Crippen LogP contribution is 2.27. The minimum Gasteiger partial charge on any atom is -0.497 e. The summed E-state index contributed by atoms with van der Waals surface area (Å²) in [7, 11) is 7.17. The largest absolute Gasteiger partial charge is 0.497 e. The zero-order valence-electron chi connectivity index (χ0n) is 51.5. The Bertz CT molecular complexity index is 4010. The number of hydrogen-bond acceptors (Lipinski definition) is 25. The SMILES string of the molecule is CCOC(=O)C(Cl)C=O.CCOC(=O)c1cnc2c(Br)cc(Cl)nn12.CCOC(=O)c1cnc2c(Cl)cc(Cl)nn12.CCOC(=O)c1cnc2c(N(C)Cc3ccc(OC)cc3)cc(Cl)nn12.CNCc1ccc(OC)cc1.Nc1ccc(Cl)nn1.Nc1nnc(Cl)cc1Br. The number of esters is 4. The minimum absolute atomic E-state index is 0.182. The third kappa shape index (κ3) is 25.2. The number of aldehydes is 1. The molecule has 10 rings (SSSR count). The van der Waals surface area contributed by atoms with Crippen LogP contribution in [0.5, 0.6) is 11.5 Å². The van der Waals surface area contributed by atoms with Gasteiger partial charge in [-0.15, -0.1) is 32.0 Å². The molecule has 28 nitrogen and oxygen atoms in total. The van der Waals surface area contributed by atoms with E-state index in [-0.39, 0.29) is 52.4 Å². The fraction of sp³-hybridized carbons (Fsp3) is 0.259. The normalized spacial score (nSPS) is 10.5. The number of nitrogens with zero attached hydrogens (tertiary/aromatic N) is 14. The van der Waals surface area contributed by atoms with E-state index in [4.69, 9.17) is 116 Å². The Labute approximate surface area is 595 Å². The number of aromatic nitrogens is 13. The Kier molecular flexibility index (Phi) is 34.3. The van der Waals surface area contributed by atoms with Gasteiger partial charge in [-0.1, -0.05) is 93.9 Å². The first-order valence-electron chi connectivity index (χ1n) is 27.4. The van der Waals surface area contributed by atoms with E-state index in [9.17, 15) is 24.0 Å². The van der Waals surface area contributed by atoms with Crippen LogP contribution in [0.4, 0.5) is 17.3 Å². The van der Waals surface area contributed by atoms with Crippen molar-refractivity contribution < 1.29 is 52.4 Å². The molecule has 0 saturated carbocycles. The number of carbonyl (C=O) groups is 5.